The zero-order valence-corrected chi connectivity index (χ0v) is 19.2. The first kappa shape index (κ1) is 23.6. The van der Waals surface area contributed by atoms with Gasteiger partial charge >= 0.3 is 0 Å². The first-order chi connectivity index (χ1) is 15.0. The van der Waals surface area contributed by atoms with Crippen LogP contribution < -0.4 is 5.32 Å². The van der Waals surface area contributed by atoms with E-state index < -0.39 is 10.8 Å². The van der Waals surface area contributed by atoms with Gasteiger partial charge in [0.2, 0.25) is 0 Å². The summed E-state index contributed by atoms with van der Waals surface area (Å²) in [7, 11) is 1.52. The summed E-state index contributed by atoms with van der Waals surface area (Å²) in [5, 5.41) is 19.3. The van der Waals surface area contributed by atoms with E-state index in [2.05, 4.69) is 10.4 Å². The maximum absolute atomic E-state index is 13.0. The fourth-order valence-electron chi connectivity index (χ4n) is 4.12. The van der Waals surface area contributed by atoms with Gasteiger partial charge in [-0.25, -0.2) is 4.68 Å². The van der Waals surface area contributed by atoms with Crippen LogP contribution in [0.15, 0.2) is 18.2 Å². The Kier molecular flexibility index (Phi) is 6.78. The second-order valence-corrected chi connectivity index (χ2v) is 9.43. The molecule has 0 aliphatic heterocycles. The van der Waals surface area contributed by atoms with Gasteiger partial charge in [-0.1, -0.05) is 27.7 Å². The lowest BCUT2D eigenvalue weighted by Crippen LogP contribution is -2.28. The standard InChI is InChI=1S/C23H30N4O5/c1-14(2)10-16-21-19(12-23(3,4)13-20(21)28)26(25-16)17-7-6-15(11-18(17)27(30)31)22(29)24-8-9-32-5/h6-7,11,14H,8-10,12-13H2,1-5H3,(H,24,29). The molecule has 0 saturated heterocycles. The maximum Gasteiger partial charge on any atom is 0.295 e. The fourth-order valence-corrected chi connectivity index (χ4v) is 4.12. The Morgan fingerprint density at radius 1 is 1.34 bits per heavy atom. The van der Waals surface area contributed by atoms with E-state index in [1.807, 2.05) is 27.7 Å². The second-order valence-electron chi connectivity index (χ2n) is 9.43. The molecular formula is C23H30N4O5. The van der Waals surface area contributed by atoms with Crippen LogP contribution in [0.1, 0.15) is 66.2 Å². The highest BCUT2D eigenvalue weighted by Gasteiger charge is 2.37. The highest BCUT2D eigenvalue weighted by Crippen LogP contribution is 2.39. The molecule has 0 unspecified atom stereocenters. The lowest BCUT2D eigenvalue weighted by molar-refractivity contribution is -0.384. The smallest absolute Gasteiger partial charge is 0.295 e. The van der Waals surface area contributed by atoms with Gasteiger partial charge in [-0.15, -0.1) is 0 Å². The minimum atomic E-state index is -0.521. The summed E-state index contributed by atoms with van der Waals surface area (Å²) in [5.41, 5.74) is 1.88. The quantitative estimate of drug-likeness (QED) is 0.380. The van der Waals surface area contributed by atoms with E-state index in [-0.39, 0.29) is 34.1 Å². The highest BCUT2D eigenvalue weighted by molar-refractivity contribution is 6.00. The number of hydrogen-bond acceptors (Lipinski definition) is 6. The Labute approximate surface area is 187 Å². The predicted octanol–water partition coefficient (Wildman–Crippen LogP) is 3.51. The Hall–Kier alpha value is -3.07. The molecular weight excluding hydrogens is 412 g/mol. The van der Waals surface area contributed by atoms with Crippen molar-refractivity contribution in [2.45, 2.75) is 47.0 Å². The van der Waals surface area contributed by atoms with E-state index in [1.165, 1.54) is 30.0 Å². The number of methoxy groups -OCH3 is 1. The first-order valence-corrected chi connectivity index (χ1v) is 10.7. The molecule has 0 bridgehead atoms. The number of nitro groups is 1. The average molecular weight is 443 g/mol. The molecule has 9 nitrogen and oxygen atoms in total. The second kappa shape index (κ2) is 9.20. The maximum atomic E-state index is 13.0. The van der Waals surface area contributed by atoms with Crippen molar-refractivity contribution < 1.29 is 19.2 Å². The topological polar surface area (TPSA) is 116 Å². The molecule has 1 amide bonds. The number of rotatable bonds is 8. The molecule has 1 aromatic carbocycles. The van der Waals surface area contributed by atoms with Crippen LogP contribution in [-0.4, -0.2) is 46.7 Å². The van der Waals surface area contributed by atoms with Gasteiger partial charge in [0.15, 0.2) is 5.78 Å². The summed E-state index contributed by atoms with van der Waals surface area (Å²) < 4.78 is 6.45. The first-order valence-electron chi connectivity index (χ1n) is 10.7. The molecule has 1 heterocycles. The number of carbonyl (C=O) groups is 2. The molecule has 1 aliphatic carbocycles. The van der Waals surface area contributed by atoms with Crippen LogP contribution in [0.2, 0.25) is 0 Å². The van der Waals surface area contributed by atoms with Gasteiger partial charge in [0.1, 0.15) is 5.69 Å². The lowest BCUT2D eigenvalue weighted by atomic mass is 9.75. The normalized spacial score (nSPS) is 15.0. The number of carbonyl (C=O) groups excluding carboxylic acids is 2. The molecule has 1 aromatic heterocycles. The van der Waals surface area contributed by atoms with Crippen molar-refractivity contribution in [1.82, 2.24) is 15.1 Å². The van der Waals surface area contributed by atoms with Crippen molar-refractivity contribution in [2.24, 2.45) is 11.3 Å². The van der Waals surface area contributed by atoms with Gasteiger partial charge in [-0.05, 0) is 36.3 Å². The van der Waals surface area contributed by atoms with E-state index in [1.54, 1.807) is 0 Å². The number of amides is 1. The lowest BCUT2D eigenvalue weighted by Gasteiger charge is -2.29. The van der Waals surface area contributed by atoms with E-state index >= 15 is 0 Å². The summed E-state index contributed by atoms with van der Waals surface area (Å²) in [6, 6.07) is 4.32. The summed E-state index contributed by atoms with van der Waals surface area (Å²) in [5.74, 6) is -0.121. The number of fused-ring (bicyclic) bond motifs is 1. The van der Waals surface area contributed by atoms with Gasteiger partial charge in [-0.2, -0.15) is 5.10 Å². The number of nitro benzene ring substituents is 1. The van der Waals surface area contributed by atoms with Gasteiger partial charge in [0.05, 0.1) is 28.5 Å². The molecule has 0 atom stereocenters. The number of benzene rings is 1. The Bertz CT molecular complexity index is 1050. The number of ketones is 1. The van der Waals surface area contributed by atoms with Crippen molar-refractivity contribution >= 4 is 17.4 Å². The summed E-state index contributed by atoms with van der Waals surface area (Å²) >= 11 is 0. The van der Waals surface area contributed by atoms with Crippen LogP contribution >= 0.6 is 0 Å². The molecule has 32 heavy (non-hydrogen) atoms. The number of hydrogen-bond donors (Lipinski definition) is 1. The SMILES string of the molecule is COCCNC(=O)c1ccc(-n2nc(CC(C)C)c3c2CC(C)(C)CC3=O)c([N+](=O)[O-])c1. The van der Waals surface area contributed by atoms with Crippen LogP contribution in [0.4, 0.5) is 5.69 Å². The molecule has 0 saturated carbocycles. The third-order valence-electron chi connectivity index (χ3n) is 5.47. The van der Waals surface area contributed by atoms with Crippen LogP contribution in [0.25, 0.3) is 5.69 Å². The zero-order valence-electron chi connectivity index (χ0n) is 19.2. The monoisotopic (exact) mass is 442 g/mol. The summed E-state index contributed by atoms with van der Waals surface area (Å²) in [6.07, 6.45) is 1.60. The number of ether oxygens (including phenoxy) is 1. The van der Waals surface area contributed by atoms with E-state index in [0.29, 0.717) is 49.4 Å². The third kappa shape index (κ3) is 4.88. The molecule has 9 heteroatoms. The van der Waals surface area contributed by atoms with Crippen LogP contribution in [0.5, 0.6) is 0 Å². The largest absolute Gasteiger partial charge is 0.383 e. The van der Waals surface area contributed by atoms with Gasteiger partial charge in [0, 0.05) is 31.7 Å². The van der Waals surface area contributed by atoms with E-state index in [9.17, 15) is 19.7 Å². The average Bonchev–Trinajstić information content (AvgIpc) is 3.03. The van der Waals surface area contributed by atoms with Crippen LogP contribution in [0.3, 0.4) is 0 Å². The minimum Gasteiger partial charge on any atom is -0.383 e. The van der Waals surface area contributed by atoms with E-state index in [4.69, 9.17) is 4.74 Å². The molecule has 0 fully saturated rings. The van der Waals surface area contributed by atoms with Crippen molar-refractivity contribution in [2.75, 3.05) is 20.3 Å². The molecule has 0 spiro atoms. The molecule has 3 rings (SSSR count). The summed E-state index contributed by atoms with van der Waals surface area (Å²) in [4.78, 5) is 36.8. The third-order valence-corrected chi connectivity index (χ3v) is 5.47. The highest BCUT2D eigenvalue weighted by atomic mass is 16.6. The van der Waals surface area contributed by atoms with Gasteiger partial charge < -0.3 is 10.1 Å². The number of Topliss-reactive ketones (excluding diaryl/α,β-unsaturated/α-hetero) is 1. The minimum absolute atomic E-state index is 0.0231. The van der Waals surface area contributed by atoms with E-state index in [0.717, 1.165) is 0 Å². The fraction of sp³-hybridized carbons (Fsp3) is 0.522. The summed E-state index contributed by atoms with van der Waals surface area (Å²) in [6.45, 7) is 8.75. The molecule has 0 radical (unpaired) electrons. The van der Waals surface area contributed by atoms with Crippen molar-refractivity contribution in [1.29, 1.82) is 0 Å². The van der Waals surface area contributed by atoms with Crippen LogP contribution in [-0.2, 0) is 17.6 Å². The Morgan fingerprint density at radius 3 is 2.69 bits per heavy atom. The molecule has 2 aromatic rings. The molecule has 1 aliphatic rings. The Morgan fingerprint density at radius 2 is 2.06 bits per heavy atom. The van der Waals surface area contributed by atoms with Crippen molar-refractivity contribution in [3.63, 3.8) is 0 Å². The zero-order chi connectivity index (χ0) is 23.6. The van der Waals surface area contributed by atoms with Crippen molar-refractivity contribution in [3.05, 3.63) is 50.8 Å². The molecule has 1 N–H and O–H groups in total. The number of aromatic nitrogens is 2. The predicted molar refractivity (Wildman–Crippen MR) is 119 cm³/mol. The van der Waals surface area contributed by atoms with Gasteiger partial charge in [-0.3, -0.25) is 19.7 Å². The number of nitrogens with one attached hydrogen (secondary N) is 1. The van der Waals surface area contributed by atoms with Crippen LogP contribution in [0, 0.1) is 21.4 Å². The molecule has 172 valence electrons. The van der Waals surface area contributed by atoms with Crippen molar-refractivity contribution in [3.8, 4) is 5.69 Å². The Balaban J connectivity index is 2.12. The number of nitrogens with zero attached hydrogens (tertiary/aromatic N) is 3. The van der Waals surface area contributed by atoms with Gasteiger partial charge in [0.25, 0.3) is 11.6 Å².